The van der Waals surface area contributed by atoms with Gasteiger partial charge in [-0.25, -0.2) is 0 Å². The third-order valence-corrected chi connectivity index (χ3v) is 5.42. The van der Waals surface area contributed by atoms with Crippen LogP contribution in [0.15, 0.2) is 35.5 Å². The summed E-state index contributed by atoms with van der Waals surface area (Å²) in [5.41, 5.74) is 3.54. The van der Waals surface area contributed by atoms with Crippen LogP contribution in [0.25, 0.3) is 0 Å². The van der Waals surface area contributed by atoms with Crippen molar-refractivity contribution < 1.29 is 4.79 Å². The van der Waals surface area contributed by atoms with Gasteiger partial charge in [-0.2, -0.15) is 5.10 Å². The molecule has 0 unspecified atom stereocenters. The van der Waals surface area contributed by atoms with Crippen molar-refractivity contribution in [3.8, 4) is 0 Å². The van der Waals surface area contributed by atoms with Crippen LogP contribution in [-0.4, -0.2) is 35.0 Å². The van der Waals surface area contributed by atoms with Gasteiger partial charge in [0.25, 0.3) is 0 Å². The van der Waals surface area contributed by atoms with E-state index < -0.39 is 0 Å². The van der Waals surface area contributed by atoms with Crippen LogP contribution in [0.5, 0.6) is 0 Å². The summed E-state index contributed by atoms with van der Waals surface area (Å²) in [5.74, 6) is 0.260. The number of aryl methyl sites for hydroxylation is 2. The highest BCUT2D eigenvalue weighted by Gasteiger charge is 2.34. The Balaban J connectivity index is 0.00000225. The molecule has 7 heteroatoms. The number of aromatic nitrogens is 2. The van der Waals surface area contributed by atoms with Gasteiger partial charge >= 0.3 is 0 Å². The first-order chi connectivity index (χ1) is 11.6. The monoisotopic (exact) mass is 380 g/mol. The second-order valence-corrected chi connectivity index (χ2v) is 7.20. The van der Waals surface area contributed by atoms with Crippen molar-refractivity contribution in [2.24, 2.45) is 13.0 Å². The van der Waals surface area contributed by atoms with Crippen molar-refractivity contribution in [3.05, 3.63) is 47.3 Å². The number of rotatable bonds is 5. The summed E-state index contributed by atoms with van der Waals surface area (Å²) in [5, 5.41) is 10.7. The molecule has 0 saturated carbocycles. The van der Waals surface area contributed by atoms with Gasteiger partial charge in [-0.05, 0) is 35.9 Å². The molecule has 25 heavy (non-hydrogen) atoms. The summed E-state index contributed by atoms with van der Waals surface area (Å²) in [6.45, 7) is 4.20. The van der Waals surface area contributed by atoms with Gasteiger partial charge in [0, 0.05) is 43.7 Å². The van der Waals surface area contributed by atoms with Gasteiger partial charge in [0.15, 0.2) is 0 Å². The number of hydrogen-bond donors (Lipinski definition) is 2. The SMILES string of the molecule is CSc1cc(C)ccc1CNC(=O)[C@H]1CNC[C@@H]1c1cnn(C)c1.Cl. The summed E-state index contributed by atoms with van der Waals surface area (Å²) in [4.78, 5) is 13.9. The first kappa shape index (κ1) is 19.8. The highest BCUT2D eigenvalue weighted by molar-refractivity contribution is 7.98. The van der Waals surface area contributed by atoms with Crippen LogP contribution < -0.4 is 10.6 Å². The standard InChI is InChI=1S/C18H24N4OS.ClH/c1-12-4-5-13(17(6-12)24-3)7-20-18(23)16-10-19-9-15(16)14-8-21-22(2)11-14;/h4-6,8,11,15-16,19H,7,9-10H2,1-3H3,(H,20,23);1H/t15-,16+;/m1./s1. The van der Waals surface area contributed by atoms with Crippen LogP contribution in [0.1, 0.15) is 22.6 Å². The zero-order valence-electron chi connectivity index (χ0n) is 14.8. The Labute approximate surface area is 159 Å². The van der Waals surface area contributed by atoms with Crippen molar-refractivity contribution in [1.29, 1.82) is 0 Å². The molecule has 1 aromatic heterocycles. The Morgan fingerprint density at radius 2 is 2.24 bits per heavy atom. The smallest absolute Gasteiger partial charge is 0.225 e. The van der Waals surface area contributed by atoms with Crippen molar-refractivity contribution in [2.45, 2.75) is 24.3 Å². The molecule has 1 aliphatic rings. The van der Waals surface area contributed by atoms with E-state index in [0.717, 1.165) is 12.1 Å². The Morgan fingerprint density at radius 3 is 2.92 bits per heavy atom. The number of thioether (sulfide) groups is 1. The Morgan fingerprint density at radius 1 is 1.44 bits per heavy atom. The third kappa shape index (κ3) is 4.57. The topological polar surface area (TPSA) is 59.0 Å². The molecule has 1 aliphatic heterocycles. The number of carbonyl (C=O) groups is 1. The second kappa shape index (κ2) is 8.74. The largest absolute Gasteiger partial charge is 0.352 e. The zero-order chi connectivity index (χ0) is 17.1. The maximum atomic E-state index is 12.7. The summed E-state index contributed by atoms with van der Waals surface area (Å²) in [6, 6.07) is 6.37. The number of halogens is 1. The fourth-order valence-corrected chi connectivity index (χ4v) is 3.95. The Kier molecular flexibility index (Phi) is 6.93. The number of carbonyl (C=O) groups excluding carboxylic acids is 1. The average molecular weight is 381 g/mol. The number of nitrogens with zero attached hydrogens (tertiary/aromatic N) is 2. The first-order valence-electron chi connectivity index (χ1n) is 8.19. The summed E-state index contributed by atoms with van der Waals surface area (Å²) < 4.78 is 1.79. The van der Waals surface area contributed by atoms with Crippen molar-refractivity contribution in [3.63, 3.8) is 0 Å². The lowest BCUT2D eigenvalue weighted by atomic mass is 9.90. The molecule has 5 nitrogen and oxygen atoms in total. The Hall–Kier alpha value is -1.50. The molecular formula is C18H25ClN4OS. The minimum absolute atomic E-state index is 0. The molecule has 1 fully saturated rings. The van der Waals surface area contributed by atoms with Gasteiger partial charge in [0.05, 0.1) is 12.1 Å². The number of benzene rings is 1. The van der Waals surface area contributed by atoms with E-state index in [2.05, 4.69) is 47.1 Å². The molecule has 2 atom stereocenters. The van der Waals surface area contributed by atoms with E-state index in [9.17, 15) is 4.79 Å². The van der Waals surface area contributed by atoms with Crippen LogP contribution in [0.2, 0.25) is 0 Å². The van der Waals surface area contributed by atoms with E-state index in [1.165, 1.54) is 16.0 Å². The molecular weight excluding hydrogens is 356 g/mol. The minimum Gasteiger partial charge on any atom is -0.352 e. The number of hydrogen-bond acceptors (Lipinski definition) is 4. The zero-order valence-corrected chi connectivity index (χ0v) is 16.4. The summed E-state index contributed by atoms with van der Waals surface area (Å²) in [6.07, 6.45) is 5.94. The predicted molar refractivity (Wildman–Crippen MR) is 104 cm³/mol. The molecule has 2 heterocycles. The highest BCUT2D eigenvalue weighted by atomic mass is 35.5. The van der Waals surface area contributed by atoms with E-state index >= 15 is 0 Å². The average Bonchev–Trinajstić information content (AvgIpc) is 3.21. The fourth-order valence-electron chi connectivity index (χ4n) is 3.25. The lowest BCUT2D eigenvalue weighted by Crippen LogP contribution is -2.34. The molecule has 0 radical (unpaired) electrons. The highest BCUT2D eigenvalue weighted by Crippen LogP contribution is 2.28. The molecule has 0 aliphatic carbocycles. The number of amides is 1. The van der Waals surface area contributed by atoms with Crippen LogP contribution in [0.3, 0.4) is 0 Å². The molecule has 2 N–H and O–H groups in total. The molecule has 1 amide bonds. The molecule has 136 valence electrons. The molecule has 0 bridgehead atoms. The number of nitrogens with one attached hydrogen (secondary N) is 2. The molecule has 3 rings (SSSR count). The minimum atomic E-state index is -0.0441. The van der Waals surface area contributed by atoms with Crippen molar-refractivity contribution in [2.75, 3.05) is 19.3 Å². The van der Waals surface area contributed by atoms with Gasteiger partial charge in [-0.15, -0.1) is 24.2 Å². The second-order valence-electron chi connectivity index (χ2n) is 6.35. The van der Waals surface area contributed by atoms with Crippen LogP contribution in [0, 0.1) is 12.8 Å². The van der Waals surface area contributed by atoms with E-state index in [1.807, 2.05) is 19.4 Å². The van der Waals surface area contributed by atoms with Gasteiger partial charge in [0.1, 0.15) is 0 Å². The quantitative estimate of drug-likeness (QED) is 0.782. The summed E-state index contributed by atoms with van der Waals surface area (Å²) in [7, 11) is 1.91. The van der Waals surface area contributed by atoms with E-state index in [1.54, 1.807) is 16.4 Å². The molecule has 1 saturated heterocycles. The van der Waals surface area contributed by atoms with Crippen LogP contribution >= 0.6 is 24.2 Å². The van der Waals surface area contributed by atoms with Gasteiger partial charge in [-0.1, -0.05) is 12.1 Å². The van der Waals surface area contributed by atoms with Gasteiger partial charge < -0.3 is 10.6 Å². The predicted octanol–water partition coefficient (Wildman–Crippen LogP) is 2.49. The summed E-state index contributed by atoms with van der Waals surface area (Å²) >= 11 is 1.72. The van der Waals surface area contributed by atoms with Crippen molar-refractivity contribution in [1.82, 2.24) is 20.4 Å². The lowest BCUT2D eigenvalue weighted by Gasteiger charge is -2.18. The Bertz CT molecular complexity index is 734. The first-order valence-corrected chi connectivity index (χ1v) is 9.41. The van der Waals surface area contributed by atoms with Gasteiger partial charge in [0.2, 0.25) is 5.91 Å². The van der Waals surface area contributed by atoms with E-state index in [4.69, 9.17) is 0 Å². The molecule has 2 aromatic rings. The lowest BCUT2D eigenvalue weighted by molar-refractivity contribution is -0.125. The normalized spacial score (nSPS) is 19.5. The van der Waals surface area contributed by atoms with Gasteiger partial charge in [-0.3, -0.25) is 9.48 Å². The van der Waals surface area contributed by atoms with E-state index in [-0.39, 0.29) is 30.2 Å². The maximum Gasteiger partial charge on any atom is 0.225 e. The van der Waals surface area contributed by atoms with E-state index in [0.29, 0.717) is 13.1 Å². The molecule has 0 spiro atoms. The third-order valence-electron chi connectivity index (χ3n) is 4.60. The maximum absolute atomic E-state index is 12.7. The van der Waals surface area contributed by atoms with Crippen molar-refractivity contribution >= 4 is 30.1 Å². The van der Waals surface area contributed by atoms with Crippen LogP contribution in [-0.2, 0) is 18.4 Å². The molecule has 1 aromatic carbocycles. The van der Waals surface area contributed by atoms with Crippen LogP contribution in [0.4, 0.5) is 0 Å². The fraction of sp³-hybridized carbons (Fsp3) is 0.444.